The van der Waals surface area contributed by atoms with E-state index in [1.165, 1.54) is 0 Å². The standard InChI is InChI=1S/C24H29N3O5/c1-4-20(23(29)30)25-22(28)21(13-27(2)3)26-24(31)32-14-19-17-11-7-5-9-15(17)16-10-6-8-12-18(16)19/h5-12,19-21H,4,13-14H2,1-3H3,(H,25,28)(H,26,31)(H,29,30)/t20?,21-/m0/s1. The van der Waals surface area contributed by atoms with Crippen molar-refractivity contribution in [2.45, 2.75) is 31.3 Å². The molecule has 8 nitrogen and oxygen atoms in total. The molecule has 8 heteroatoms. The van der Waals surface area contributed by atoms with Gasteiger partial charge in [0.2, 0.25) is 5.91 Å². The van der Waals surface area contributed by atoms with Gasteiger partial charge in [0.25, 0.3) is 0 Å². The molecular weight excluding hydrogens is 410 g/mol. The molecule has 0 fully saturated rings. The van der Waals surface area contributed by atoms with Crippen molar-refractivity contribution in [2.75, 3.05) is 27.2 Å². The molecule has 2 aromatic rings. The predicted octanol–water partition coefficient (Wildman–Crippen LogP) is 2.43. The third-order valence-corrected chi connectivity index (χ3v) is 5.52. The molecule has 1 aliphatic rings. The van der Waals surface area contributed by atoms with Crippen molar-refractivity contribution in [1.82, 2.24) is 15.5 Å². The summed E-state index contributed by atoms with van der Waals surface area (Å²) in [5.41, 5.74) is 4.44. The summed E-state index contributed by atoms with van der Waals surface area (Å²) >= 11 is 0. The minimum Gasteiger partial charge on any atom is -0.480 e. The third kappa shape index (κ3) is 5.26. The first-order valence-electron chi connectivity index (χ1n) is 10.6. The molecule has 170 valence electrons. The van der Waals surface area contributed by atoms with E-state index >= 15 is 0 Å². The van der Waals surface area contributed by atoms with E-state index in [2.05, 4.69) is 22.8 Å². The van der Waals surface area contributed by atoms with Gasteiger partial charge in [0.15, 0.2) is 0 Å². The molecule has 0 aliphatic heterocycles. The first kappa shape index (κ1) is 23.3. The summed E-state index contributed by atoms with van der Waals surface area (Å²) in [5, 5.41) is 14.2. The van der Waals surface area contributed by atoms with Crippen LogP contribution in [0.1, 0.15) is 30.4 Å². The smallest absolute Gasteiger partial charge is 0.407 e. The summed E-state index contributed by atoms with van der Waals surface area (Å²) < 4.78 is 5.52. The van der Waals surface area contributed by atoms with Crippen molar-refractivity contribution in [3.8, 4) is 11.1 Å². The van der Waals surface area contributed by atoms with Crippen molar-refractivity contribution in [2.24, 2.45) is 0 Å². The number of benzene rings is 2. The van der Waals surface area contributed by atoms with Crippen molar-refractivity contribution < 1.29 is 24.2 Å². The Morgan fingerprint density at radius 1 is 0.969 bits per heavy atom. The Morgan fingerprint density at radius 3 is 2.03 bits per heavy atom. The molecule has 0 radical (unpaired) electrons. The van der Waals surface area contributed by atoms with Crippen LogP contribution in [0, 0.1) is 0 Å². The van der Waals surface area contributed by atoms with Gasteiger partial charge in [-0.3, -0.25) is 4.79 Å². The van der Waals surface area contributed by atoms with Gasteiger partial charge in [0.05, 0.1) is 0 Å². The van der Waals surface area contributed by atoms with E-state index in [0.717, 1.165) is 22.3 Å². The molecule has 3 N–H and O–H groups in total. The monoisotopic (exact) mass is 439 g/mol. The highest BCUT2D eigenvalue weighted by Gasteiger charge is 2.30. The van der Waals surface area contributed by atoms with Gasteiger partial charge in [-0.1, -0.05) is 55.5 Å². The second-order valence-electron chi connectivity index (χ2n) is 8.09. The third-order valence-electron chi connectivity index (χ3n) is 5.52. The quantitative estimate of drug-likeness (QED) is 0.554. The zero-order valence-electron chi connectivity index (χ0n) is 18.5. The number of carbonyl (C=O) groups excluding carboxylic acids is 2. The molecule has 0 aromatic heterocycles. The number of ether oxygens (including phenoxy) is 1. The number of nitrogens with one attached hydrogen (secondary N) is 2. The van der Waals surface area contributed by atoms with Gasteiger partial charge in [0.1, 0.15) is 18.7 Å². The maximum absolute atomic E-state index is 12.6. The van der Waals surface area contributed by atoms with Crippen molar-refractivity contribution in [3.05, 3.63) is 59.7 Å². The summed E-state index contributed by atoms with van der Waals surface area (Å²) in [6.45, 7) is 1.99. The topological polar surface area (TPSA) is 108 Å². The number of rotatable bonds is 9. The number of carbonyl (C=O) groups is 3. The van der Waals surface area contributed by atoms with Crippen LogP contribution in [0.5, 0.6) is 0 Å². The number of hydrogen-bond acceptors (Lipinski definition) is 5. The number of fused-ring (bicyclic) bond motifs is 3. The van der Waals surface area contributed by atoms with Crippen LogP contribution in [0.4, 0.5) is 4.79 Å². The number of hydrogen-bond donors (Lipinski definition) is 3. The first-order valence-corrected chi connectivity index (χ1v) is 10.6. The SMILES string of the molecule is CCC(NC(=O)[C@H](CN(C)C)NC(=O)OCC1c2ccccc2-c2ccccc21)C(=O)O. The molecule has 1 unspecified atom stereocenters. The van der Waals surface area contributed by atoms with Crippen LogP contribution in [0.25, 0.3) is 11.1 Å². The lowest BCUT2D eigenvalue weighted by Crippen LogP contribution is -2.55. The number of carboxylic acid groups (broad SMARTS) is 1. The minimum absolute atomic E-state index is 0.0919. The van der Waals surface area contributed by atoms with Gasteiger partial charge < -0.3 is 25.4 Å². The van der Waals surface area contributed by atoms with Crippen molar-refractivity contribution in [1.29, 1.82) is 0 Å². The van der Waals surface area contributed by atoms with Crippen LogP contribution in [-0.4, -0.2) is 67.3 Å². The summed E-state index contributed by atoms with van der Waals surface area (Å²) in [4.78, 5) is 38.1. The lowest BCUT2D eigenvalue weighted by Gasteiger charge is -2.23. The maximum atomic E-state index is 12.6. The molecule has 0 bridgehead atoms. The molecule has 0 spiro atoms. The fourth-order valence-corrected chi connectivity index (χ4v) is 3.95. The van der Waals surface area contributed by atoms with Crippen LogP contribution in [0.2, 0.25) is 0 Å². The van der Waals surface area contributed by atoms with E-state index < -0.39 is 30.1 Å². The van der Waals surface area contributed by atoms with Crippen molar-refractivity contribution in [3.63, 3.8) is 0 Å². The Balaban J connectivity index is 1.67. The molecule has 3 rings (SSSR count). The van der Waals surface area contributed by atoms with E-state index in [-0.39, 0.29) is 25.5 Å². The van der Waals surface area contributed by atoms with Crippen LogP contribution >= 0.6 is 0 Å². The van der Waals surface area contributed by atoms with Gasteiger partial charge in [-0.25, -0.2) is 9.59 Å². The lowest BCUT2D eigenvalue weighted by molar-refractivity contribution is -0.142. The second-order valence-corrected chi connectivity index (χ2v) is 8.09. The Labute approximate surface area is 187 Å². The second kappa shape index (κ2) is 10.3. The van der Waals surface area contributed by atoms with Crippen LogP contribution in [0.3, 0.4) is 0 Å². The van der Waals surface area contributed by atoms with E-state index in [0.29, 0.717) is 0 Å². The zero-order chi connectivity index (χ0) is 23.3. The molecule has 0 saturated carbocycles. The van der Waals surface area contributed by atoms with E-state index in [1.54, 1.807) is 25.9 Å². The number of aliphatic carboxylic acids is 1. The fourth-order valence-electron chi connectivity index (χ4n) is 3.95. The van der Waals surface area contributed by atoms with Gasteiger partial charge in [-0.05, 0) is 42.8 Å². The highest BCUT2D eigenvalue weighted by Crippen LogP contribution is 2.44. The summed E-state index contributed by atoms with van der Waals surface area (Å²) in [7, 11) is 3.52. The average Bonchev–Trinajstić information content (AvgIpc) is 3.08. The molecule has 32 heavy (non-hydrogen) atoms. The zero-order valence-corrected chi connectivity index (χ0v) is 18.5. The molecular formula is C24H29N3O5. The Bertz CT molecular complexity index is 946. The number of likely N-dealkylation sites (N-methyl/N-ethyl adjacent to an activating group) is 1. The van der Waals surface area contributed by atoms with Crippen LogP contribution in [0.15, 0.2) is 48.5 Å². The number of alkyl carbamates (subject to hydrolysis) is 1. The molecule has 2 atom stereocenters. The highest BCUT2D eigenvalue weighted by atomic mass is 16.5. The minimum atomic E-state index is -1.12. The van der Waals surface area contributed by atoms with E-state index in [4.69, 9.17) is 4.74 Å². The Kier molecular flexibility index (Phi) is 7.48. The highest BCUT2D eigenvalue weighted by molar-refractivity contribution is 5.89. The number of amides is 2. The fraction of sp³-hybridized carbons (Fsp3) is 0.375. The number of nitrogens with zero attached hydrogens (tertiary/aromatic N) is 1. The largest absolute Gasteiger partial charge is 0.480 e. The predicted molar refractivity (Wildman–Crippen MR) is 120 cm³/mol. The van der Waals surface area contributed by atoms with Gasteiger partial charge in [-0.15, -0.1) is 0 Å². The van der Waals surface area contributed by atoms with Gasteiger partial charge in [0, 0.05) is 12.5 Å². The Hall–Kier alpha value is -3.39. The van der Waals surface area contributed by atoms with Crippen LogP contribution in [-0.2, 0) is 14.3 Å². The van der Waals surface area contributed by atoms with Crippen molar-refractivity contribution >= 4 is 18.0 Å². The molecule has 1 aliphatic carbocycles. The molecule has 2 aromatic carbocycles. The normalized spacial score (nSPS) is 14.2. The summed E-state index contributed by atoms with van der Waals surface area (Å²) in [6, 6.07) is 14.1. The maximum Gasteiger partial charge on any atom is 0.407 e. The van der Waals surface area contributed by atoms with Crippen LogP contribution < -0.4 is 10.6 Å². The van der Waals surface area contributed by atoms with E-state index in [9.17, 15) is 19.5 Å². The molecule has 0 heterocycles. The van der Waals surface area contributed by atoms with Gasteiger partial charge >= 0.3 is 12.1 Å². The average molecular weight is 440 g/mol. The summed E-state index contributed by atoms with van der Waals surface area (Å²) in [5.74, 6) is -1.78. The Morgan fingerprint density at radius 2 is 1.53 bits per heavy atom. The molecule has 2 amide bonds. The van der Waals surface area contributed by atoms with E-state index in [1.807, 2.05) is 36.4 Å². The molecule has 0 saturated heterocycles. The number of carboxylic acids is 1. The lowest BCUT2D eigenvalue weighted by atomic mass is 9.98. The summed E-state index contributed by atoms with van der Waals surface area (Å²) in [6.07, 6.45) is -0.488. The first-order chi connectivity index (χ1) is 15.3. The van der Waals surface area contributed by atoms with Gasteiger partial charge in [-0.2, -0.15) is 0 Å².